The minimum absolute atomic E-state index is 0.106. The van der Waals surface area contributed by atoms with Crippen molar-refractivity contribution in [2.75, 3.05) is 20.1 Å². The molecule has 0 unspecified atom stereocenters. The third kappa shape index (κ3) is 3.14. The average Bonchev–Trinajstić information content (AvgIpc) is 2.34. The van der Waals surface area contributed by atoms with Crippen LogP contribution in [0.2, 0.25) is 0 Å². The second kappa shape index (κ2) is 5.42. The van der Waals surface area contributed by atoms with Crippen LogP contribution in [0.1, 0.15) is 18.4 Å². The predicted octanol–water partition coefficient (Wildman–Crippen LogP) is 1.19. The number of aliphatic hydroxyl groups excluding tert-OH is 1. The molecular weight excluding hydrogens is 223 g/mol. The first-order valence-corrected chi connectivity index (χ1v) is 5.79. The van der Waals surface area contributed by atoms with Gasteiger partial charge in [-0.2, -0.15) is 0 Å². The highest BCUT2D eigenvalue weighted by Gasteiger charge is 2.19. The maximum absolute atomic E-state index is 12.9. The van der Waals surface area contributed by atoms with Gasteiger partial charge < -0.3 is 14.7 Å². The predicted molar refractivity (Wildman–Crippen MR) is 61.3 cm³/mol. The first kappa shape index (κ1) is 12.3. The van der Waals surface area contributed by atoms with E-state index >= 15 is 0 Å². The summed E-state index contributed by atoms with van der Waals surface area (Å²) in [7, 11) is 2.07. The van der Waals surface area contributed by atoms with Crippen molar-refractivity contribution in [1.29, 1.82) is 0 Å². The Morgan fingerprint density at radius 2 is 2.24 bits per heavy atom. The summed E-state index contributed by atoms with van der Waals surface area (Å²) < 4.78 is 18.6. The lowest BCUT2D eigenvalue weighted by Gasteiger charge is -2.29. The molecule has 2 heterocycles. The summed E-state index contributed by atoms with van der Waals surface area (Å²) >= 11 is 0. The molecule has 5 heteroatoms. The van der Waals surface area contributed by atoms with Gasteiger partial charge in [0.25, 0.3) is 0 Å². The molecular formula is C12H17FN2O2. The number of rotatable bonds is 3. The monoisotopic (exact) mass is 240 g/mol. The number of ether oxygens (including phenoxy) is 1. The summed E-state index contributed by atoms with van der Waals surface area (Å²) in [5.41, 5.74) is 0.406. The Hall–Kier alpha value is -1.20. The Labute approximate surface area is 100 Å². The van der Waals surface area contributed by atoms with Gasteiger partial charge >= 0.3 is 0 Å². The number of piperidine rings is 1. The number of hydrogen-bond acceptors (Lipinski definition) is 4. The van der Waals surface area contributed by atoms with Crippen molar-refractivity contribution in [3.63, 3.8) is 0 Å². The van der Waals surface area contributed by atoms with Crippen LogP contribution in [-0.4, -0.2) is 41.2 Å². The molecule has 2 rings (SSSR count). The van der Waals surface area contributed by atoms with Crippen molar-refractivity contribution in [1.82, 2.24) is 9.88 Å². The minimum atomic E-state index is -0.454. The number of nitrogens with zero attached hydrogens (tertiary/aromatic N) is 2. The lowest BCUT2D eigenvalue weighted by molar-refractivity contribution is 0.107. The Morgan fingerprint density at radius 3 is 2.88 bits per heavy atom. The van der Waals surface area contributed by atoms with Crippen LogP contribution >= 0.6 is 0 Å². The zero-order valence-electron chi connectivity index (χ0n) is 9.90. The lowest BCUT2D eigenvalue weighted by atomic mass is 10.1. The van der Waals surface area contributed by atoms with E-state index in [4.69, 9.17) is 9.84 Å². The van der Waals surface area contributed by atoms with Crippen molar-refractivity contribution >= 4 is 0 Å². The van der Waals surface area contributed by atoms with E-state index in [9.17, 15) is 4.39 Å². The van der Waals surface area contributed by atoms with Crippen molar-refractivity contribution in [2.45, 2.75) is 25.6 Å². The first-order chi connectivity index (χ1) is 8.19. The smallest absolute Gasteiger partial charge is 0.219 e. The number of aromatic nitrogens is 1. The lowest BCUT2D eigenvalue weighted by Crippen LogP contribution is -2.36. The highest BCUT2D eigenvalue weighted by molar-refractivity contribution is 5.25. The quantitative estimate of drug-likeness (QED) is 0.862. The molecule has 0 atom stereocenters. The van der Waals surface area contributed by atoms with Gasteiger partial charge in [-0.3, -0.25) is 0 Å². The van der Waals surface area contributed by atoms with Gasteiger partial charge in [0.15, 0.2) is 0 Å². The Kier molecular flexibility index (Phi) is 3.91. The number of halogens is 1. The van der Waals surface area contributed by atoms with Crippen LogP contribution < -0.4 is 4.74 Å². The van der Waals surface area contributed by atoms with Crippen molar-refractivity contribution in [3.8, 4) is 5.88 Å². The van der Waals surface area contributed by atoms with Crippen molar-refractivity contribution in [2.24, 2.45) is 0 Å². The van der Waals surface area contributed by atoms with Crippen LogP contribution in [0.4, 0.5) is 4.39 Å². The zero-order chi connectivity index (χ0) is 12.3. The molecule has 0 aromatic carbocycles. The summed E-state index contributed by atoms with van der Waals surface area (Å²) in [6.07, 6.45) is 3.08. The molecule has 0 radical (unpaired) electrons. The maximum atomic E-state index is 12.9. The third-order valence-electron chi connectivity index (χ3n) is 3.01. The van der Waals surface area contributed by atoms with Gasteiger partial charge in [0.1, 0.15) is 11.9 Å². The molecule has 0 spiro atoms. The SMILES string of the molecule is CN1CCC(Oc2ncc(F)cc2CO)CC1. The molecule has 1 aromatic rings. The van der Waals surface area contributed by atoms with Gasteiger partial charge in [0.05, 0.1) is 12.8 Å². The van der Waals surface area contributed by atoms with E-state index in [-0.39, 0.29) is 12.7 Å². The Morgan fingerprint density at radius 1 is 1.53 bits per heavy atom. The second-order valence-electron chi connectivity index (χ2n) is 4.40. The fraction of sp³-hybridized carbons (Fsp3) is 0.583. The van der Waals surface area contributed by atoms with Crippen molar-refractivity contribution < 1.29 is 14.2 Å². The molecule has 4 nitrogen and oxygen atoms in total. The second-order valence-corrected chi connectivity index (χ2v) is 4.40. The normalized spacial score (nSPS) is 18.3. The van der Waals surface area contributed by atoms with Crippen molar-refractivity contribution in [3.05, 3.63) is 23.6 Å². The maximum Gasteiger partial charge on any atom is 0.219 e. The van der Waals surface area contributed by atoms with Crippen LogP contribution in [0.3, 0.4) is 0 Å². The van der Waals surface area contributed by atoms with Crippen LogP contribution in [0.25, 0.3) is 0 Å². The molecule has 0 aliphatic carbocycles. The molecule has 1 fully saturated rings. The average molecular weight is 240 g/mol. The van der Waals surface area contributed by atoms with E-state index in [0.29, 0.717) is 11.4 Å². The van der Waals surface area contributed by atoms with E-state index in [2.05, 4.69) is 16.9 Å². The van der Waals surface area contributed by atoms with Gasteiger partial charge in [-0.05, 0) is 26.0 Å². The van der Waals surface area contributed by atoms with E-state index < -0.39 is 5.82 Å². The number of hydrogen-bond donors (Lipinski definition) is 1. The van der Waals surface area contributed by atoms with E-state index in [1.54, 1.807) is 0 Å². The number of aliphatic hydroxyl groups is 1. The van der Waals surface area contributed by atoms with E-state index in [0.717, 1.165) is 32.1 Å². The zero-order valence-corrected chi connectivity index (χ0v) is 9.90. The topological polar surface area (TPSA) is 45.6 Å². The van der Waals surface area contributed by atoms with Gasteiger partial charge in [-0.25, -0.2) is 9.37 Å². The largest absolute Gasteiger partial charge is 0.474 e. The highest BCUT2D eigenvalue weighted by Crippen LogP contribution is 2.21. The summed E-state index contributed by atoms with van der Waals surface area (Å²) in [5.74, 6) is -0.103. The number of pyridine rings is 1. The summed E-state index contributed by atoms with van der Waals surface area (Å²) in [6, 6.07) is 1.26. The fourth-order valence-electron chi connectivity index (χ4n) is 1.95. The minimum Gasteiger partial charge on any atom is -0.474 e. The Bertz CT molecular complexity index is 379. The molecule has 94 valence electrons. The van der Waals surface area contributed by atoms with Crippen LogP contribution in [0.5, 0.6) is 5.88 Å². The molecule has 0 amide bonds. The van der Waals surface area contributed by atoms with E-state index in [1.807, 2.05) is 0 Å². The summed E-state index contributed by atoms with van der Waals surface area (Å²) in [5, 5.41) is 9.12. The van der Waals surface area contributed by atoms with E-state index in [1.165, 1.54) is 6.07 Å². The summed E-state index contributed by atoms with van der Waals surface area (Å²) in [4.78, 5) is 6.13. The third-order valence-corrected chi connectivity index (χ3v) is 3.01. The first-order valence-electron chi connectivity index (χ1n) is 5.79. The molecule has 17 heavy (non-hydrogen) atoms. The van der Waals surface area contributed by atoms with Gasteiger partial charge in [-0.15, -0.1) is 0 Å². The van der Waals surface area contributed by atoms with Crippen LogP contribution in [-0.2, 0) is 6.61 Å². The van der Waals surface area contributed by atoms with Crippen LogP contribution in [0.15, 0.2) is 12.3 Å². The van der Waals surface area contributed by atoms with Gasteiger partial charge in [0, 0.05) is 18.7 Å². The molecule has 1 aliphatic rings. The molecule has 0 bridgehead atoms. The molecule has 0 saturated carbocycles. The Balaban J connectivity index is 2.03. The number of likely N-dealkylation sites (tertiary alicyclic amines) is 1. The van der Waals surface area contributed by atoms with Crippen LogP contribution in [0, 0.1) is 5.82 Å². The van der Waals surface area contributed by atoms with Gasteiger partial charge in [0.2, 0.25) is 5.88 Å². The summed E-state index contributed by atoms with van der Waals surface area (Å²) in [6.45, 7) is 1.72. The molecule has 1 aromatic heterocycles. The fourth-order valence-corrected chi connectivity index (χ4v) is 1.95. The molecule has 1 saturated heterocycles. The standard InChI is InChI=1S/C12H17FN2O2/c1-15-4-2-11(3-5-15)17-12-9(8-16)6-10(13)7-14-12/h6-7,11,16H,2-5,8H2,1H3. The molecule has 1 N–H and O–H groups in total. The highest BCUT2D eigenvalue weighted by atomic mass is 19.1. The van der Waals surface area contributed by atoms with Gasteiger partial charge in [-0.1, -0.05) is 0 Å². The molecule has 1 aliphatic heterocycles.